The van der Waals surface area contributed by atoms with Crippen LogP contribution in [-0.2, 0) is 17.6 Å². The maximum Gasteiger partial charge on any atom is 0.230 e. The van der Waals surface area contributed by atoms with Gasteiger partial charge in [0.2, 0.25) is 5.91 Å². The molecule has 3 heterocycles. The molecule has 5 nitrogen and oxygen atoms in total. The number of hydrogen-bond acceptors (Lipinski definition) is 5. The van der Waals surface area contributed by atoms with Crippen molar-refractivity contribution in [2.75, 3.05) is 11.9 Å². The van der Waals surface area contributed by atoms with Crippen LogP contribution >= 0.6 is 11.3 Å². The van der Waals surface area contributed by atoms with Gasteiger partial charge in [-0.3, -0.25) is 9.78 Å². The summed E-state index contributed by atoms with van der Waals surface area (Å²) in [5.41, 5.74) is 3.90. The van der Waals surface area contributed by atoms with E-state index in [0.717, 1.165) is 35.6 Å². The highest BCUT2D eigenvalue weighted by atomic mass is 32.1. The van der Waals surface area contributed by atoms with Crippen molar-refractivity contribution in [1.29, 1.82) is 0 Å². The third kappa shape index (κ3) is 3.14. The Kier molecular flexibility index (Phi) is 3.96. The molecule has 6 heteroatoms. The number of aromatic nitrogens is 2. The van der Waals surface area contributed by atoms with Crippen molar-refractivity contribution in [3.63, 3.8) is 0 Å². The number of benzene rings is 1. The predicted octanol–water partition coefficient (Wildman–Crippen LogP) is 3.32. The van der Waals surface area contributed by atoms with Gasteiger partial charge in [-0.05, 0) is 29.3 Å². The van der Waals surface area contributed by atoms with E-state index >= 15 is 0 Å². The fourth-order valence-electron chi connectivity index (χ4n) is 2.65. The Bertz CT molecular complexity index is 877. The maximum atomic E-state index is 12.2. The normalized spacial score (nSPS) is 12.5. The quantitative estimate of drug-likeness (QED) is 0.793. The standard InChI is InChI=1S/C18H15N3O2S/c22-17(9-12-3-4-13-5-7-23-16(13)8-12)21-18-20-15(11-24-18)14-2-1-6-19-10-14/h1-4,6,8,10-11H,5,7,9H2,(H,20,21,22). The highest BCUT2D eigenvalue weighted by Crippen LogP contribution is 2.27. The number of ether oxygens (including phenoxy) is 1. The van der Waals surface area contributed by atoms with Crippen LogP contribution in [0.5, 0.6) is 5.75 Å². The Labute approximate surface area is 143 Å². The zero-order chi connectivity index (χ0) is 16.4. The van der Waals surface area contributed by atoms with E-state index in [1.807, 2.05) is 35.7 Å². The first-order chi connectivity index (χ1) is 11.8. The van der Waals surface area contributed by atoms with Gasteiger partial charge in [0.1, 0.15) is 5.75 Å². The van der Waals surface area contributed by atoms with E-state index < -0.39 is 0 Å². The monoisotopic (exact) mass is 337 g/mol. The number of thiazole rings is 1. The highest BCUT2D eigenvalue weighted by Gasteiger charge is 2.14. The SMILES string of the molecule is O=C(Cc1ccc2c(c1)OCC2)Nc1nc(-c2cccnc2)cs1. The summed E-state index contributed by atoms with van der Waals surface area (Å²) < 4.78 is 5.54. The molecule has 0 saturated carbocycles. The molecule has 0 fully saturated rings. The van der Waals surface area contributed by atoms with Gasteiger partial charge >= 0.3 is 0 Å². The minimum Gasteiger partial charge on any atom is -0.493 e. The van der Waals surface area contributed by atoms with Crippen molar-refractivity contribution in [1.82, 2.24) is 9.97 Å². The molecular weight excluding hydrogens is 322 g/mol. The number of carbonyl (C=O) groups excluding carboxylic acids is 1. The molecule has 24 heavy (non-hydrogen) atoms. The summed E-state index contributed by atoms with van der Waals surface area (Å²) in [5, 5.41) is 5.36. The molecule has 0 aliphatic carbocycles. The lowest BCUT2D eigenvalue weighted by molar-refractivity contribution is -0.115. The van der Waals surface area contributed by atoms with Crippen LogP contribution in [-0.4, -0.2) is 22.5 Å². The molecule has 3 aromatic rings. The Hall–Kier alpha value is -2.73. The fourth-order valence-corrected chi connectivity index (χ4v) is 3.38. The third-order valence-corrected chi connectivity index (χ3v) is 4.59. The van der Waals surface area contributed by atoms with E-state index in [2.05, 4.69) is 15.3 Å². The van der Waals surface area contributed by atoms with E-state index in [4.69, 9.17) is 4.74 Å². The van der Waals surface area contributed by atoms with Gasteiger partial charge in [-0.1, -0.05) is 12.1 Å². The molecular formula is C18H15N3O2S. The largest absolute Gasteiger partial charge is 0.493 e. The summed E-state index contributed by atoms with van der Waals surface area (Å²) in [6, 6.07) is 9.77. The third-order valence-electron chi connectivity index (χ3n) is 3.83. The molecule has 0 spiro atoms. The van der Waals surface area contributed by atoms with Crippen LogP contribution < -0.4 is 10.1 Å². The van der Waals surface area contributed by atoms with Gasteiger partial charge in [0, 0.05) is 29.8 Å². The highest BCUT2D eigenvalue weighted by molar-refractivity contribution is 7.14. The van der Waals surface area contributed by atoms with E-state index in [1.165, 1.54) is 16.9 Å². The summed E-state index contributed by atoms with van der Waals surface area (Å²) in [7, 11) is 0. The smallest absolute Gasteiger partial charge is 0.230 e. The number of hydrogen-bond donors (Lipinski definition) is 1. The number of carbonyl (C=O) groups is 1. The number of anilines is 1. The van der Waals surface area contributed by atoms with Crippen molar-refractivity contribution in [3.05, 3.63) is 59.2 Å². The fraction of sp³-hybridized carbons (Fsp3) is 0.167. The Morgan fingerprint density at radius 2 is 2.29 bits per heavy atom. The maximum absolute atomic E-state index is 12.2. The number of fused-ring (bicyclic) bond motifs is 1. The summed E-state index contributed by atoms with van der Waals surface area (Å²) in [6.45, 7) is 0.723. The first kappa shape index (κ1) is 14.8. The van der Waals surface area contributed by atoms with Crippen molar-refractivity contribution < 1.29 is 9.53 Å². The van der Waals surface area contributed by atoms with Crippen molar-refractivity contribution in [2.24, 2.45) is 0 Å². The summed E-state index contributed by atoms with van der Waals surface area (Å²) in [4.78, 5) is 20.8. The Morgan fingerprint density at radius 3 is 3.17 bits per heavy atom. The number of rotatable bonds is 4. The van der Waals surface area contributed by atoms with E-state index in [0.29, 0.717) is 11.6 Å². The average molecular weight is 337 g/mol. The van der Waals surface area contributed by atoms with Crippen molar-refractivity contribution in [2.45, 2.75) is 12.8 Å². The Morgan fingerprint density at radius 1 is 1.33 bits per heavy atom. The number of pyridine rings is 1. The molecule has 0 unspecified atom stereocenters. The molecule has 0 saturated heterocycles. The van der Waals surface area contributed by atoms with Crippen LogP contribution in [0.15, 0.2) is 48.1 Å². The van der Waals surface area contributed by atoms with Crippen LogP contribution in [0.1, 0.15) is 11.1 Å². The topological polar surface area (TPSA) is 64.1 Å². The minimum absolute atomic E-state index is 0.0833. The number of nitrogens with zero attached hydrogens (tertiary/aromatic N) is 2. The zero-order valence-electron chi connectivity index (χ0n) is 12.9. The lowest BCUT2D eigenvalue weighted by Crippen LogP contribution is -2.14. The average Bonchev–Trinajstić information content (AvgIpc) is 3.24. The second kappa shape index (κ2) is 6.41. The molecule has 2 aromatic heterocycles. The van der Waals surface area contributed by atoms with Gasteiger partial charge < -0.3 is 10.1 Å². The predicted molar refractivity (Wildman–Crippen MR) is 93.3 cm³/mol. The van der Waals surface area contributed by atoms with Gasteiger partial charge in [-0.2, -0.15) is 0 Å². The van der Waals surface area contributed by atoms with E-state index in [-0.39, 0.29) is 5.91 Å². The molecule has 0 bridgehead atoms. The van der Waals surface area contributed by atoms with Gasteiger partial charge in [-0.25, -0.2) is 4.98 Å². The second-order valence-electron chi connectivity index (χ2n) is 5.55. The van der Waals surface area contributed by atoms with Crippen LogP contribution in [0.2, 0.25) is 0 Å². The molecule has 1 N–H and O–H groups in total. The molecule has 120 valence electrons. The molecule has 1 aromatic carbocycles. The van der Waals surface area contributed by atoms with Gasteiger partial charge in [0.25, 0.3) is 0 Å². The lowest BCUT2D eigenvalue weighted by atomic mass is 10.1. The van der Waals surface area contributed by atoms with Gasteiger partial charge in [-0.15, -0.1) is 11.3 Å². The molecule has 0 radical (unpaired) electrons. The van der Waals surface area contributed by atoms with Crippen molar-refractivity contribution >= 4 is 22.4 Å². The van der Waals surface area contributed by atoms with Gasteiger partial charge in [0.15, 0.2) is 5.13 Å². The molecule has 1 aliphatic rings. The molecule has 0 atom stereocenters. The van der Waals surface area contributed by atoms with Crippen LogP contribution in [0.25, 0.3) is 11.3 Å². The van der Waals surface area contributed by atoms with E-state index in [9.17, 15) is 4.79 Å². The van der Waals surface area contributed by atoms with Crippen molar-refractivity contribution in [3.8, 4) is 17.0 Å². The van der Waals surface area contributed by atoms with E-state index in [1.54, 1.807) is 12.4 Å². The number of nitrogens with one attached hydrogen (secondary N) is 1. The van der Waals surface area contributed by atoms with Crippen LogP contribution in [0, 0.1) is 0 Å². The van der Waals surface area contributed by atoms with Gasteiger partial charge in [0.05, 0.1) is 18.7 Å². The van der Waals surface area contributed by atoms with Crippen LogP contribution in [0.4, 0.5) is 5.13 Å². The Balaban J connectivity index is 1.42. The summed E-state index contributed by atoms with van der Waals surface area (Å²) >= 11 is 1.41. The zero-order valence-corrected chi connectivity index (χ0v) is 13.7. The first-order valence-electron chi connectivity index (χ1n) is 7.68. The first-order valence-corrected chi connectivity index (χ1v) is 8.56. The minimum atomic E-state index is -0.0833. The summed E-state index contributed by atoms with van der Waals surface area (Å²) in [5.74, 6) is 0.813. The molecule has 4 rings (SSSR count). The number of amides is 1. The lowest BCUT2D eigenvalue weighted by Gasteiger charge is -2.04. The molecule has 1 amide bonds. The second-order valence-corrected chi connectivity index (χ2v) is 6.40. The molecule has 1 aliphatic heterocycles. The summed E-state index contributed by atoms with van der Waals surface area (Å²) in [6.07, 6.45) is 4.72. The van der Waals surface area contributed by atoms with Crippen LogP contribution in [0.3, 0.4) is 0 Å².